The van der Waals surface area contributed by atoms with Crippen LogP contribution in [0.15, 0.2) is 79.8 Å². The SMILES string of the molecule is CC(C)C[C@H](NC(=O)[C@@H](COC(C)(C)C)NC(=O)[C@H](Cc1c[nH]cn1)NC(=O)[C@H](CO)NC(=O)[C@H](Cc1c[nH]c2ccccc12)NC(=O)[C@H](Cc1c[nH]cn1)NC(=O)[C@@H]1CCC(=O)N1)C(=O)N[C@@H](Cc1ccc(O)cc1)C(=O)N1CCC[C@H]1C(=O)NCC(N)=O. The van der Waals surface area contributed by atoms with Crippen molar-refractivity contribution < 1.29 is 67.7 Å². The van der Waals surface area contributed by atoms with Gasteiger partial charge in [0.2, 0.25) is 65.0 Å². The second-order valence-electron chi connectivity index (χ2n) is 23.7. The summed E-state index contributed by atoms with van der Waals surface area (Å²) >= 11 is 0. The van der Waals surface area contributed by atoms with Crippen LogP contribution in [-0.2, 0) is 83.2 Å². The van der Waals surface area contributed by atoms with Gasteiger partial charge in [0, 0.05) is 68.1 Å². The first-order chi connectivity index (χ1) is 42.8. The first-order valence-electron chi connectivity index (χ1n) is 29.7. The van der Waals surface area contributed by atoms with Gasteiger partial charge in [-0.25, -0.2) is 9.97 Å². The normalized spacial score (nSPS) is 17.1. The largest absolute Gasteiger partial charge is 0.508 e. The van der Waals surface area contributed by atoms with Crippen LogP contribution in [0.1, 0.15) is 89.2 Å². The number of aromatic hydroxyl groups is 1. The van der Waals surface area contributed by atoms with Gasteiger partial charge in [-0.05, 0) is 81.7 Å². The lowest BCUT2D eigenvalue weighted by Gasteiger charge is -2.31. The molecule has 0 spiro atoms. The fraction of sp³-hybridized carbons (Fsp3) is 0.483. The zero-order valence-electron chi connectivity index (χ0n) is 50.7. The number of imidazole rings is 2. The number of H-pyrrole nitrogens is 3. The molecule has 2 fully saturated rings. The number of aromatic amines is 3. The quantitative estimate of drug-likeness (QED) is 0.0222. The topological polar surface area (TPSA) is 448 Å². The molecule has 2 aliphatic rings. The van der Waals surface area contributed by atoms with E-state index < -0.39 is 139 Å². The number of nitrogens with one attached hydrogen (secondary N) is 12. The molecule has 484 valence electrons. The summed E-state index contributed by atoms with van der Waals surface area (Å²) in [6.07, 6.45) is 7.58. The number of phenols is 1. The van der Waals surface area contributed by atoms with Crippen molar-refractivity contribution in [1.29, 1.82) is 0 Å². The Morgan fingerprint density at radius 2 is 1.23 bits per heavy atom. The number of amides is 11. The summed E-state index contributed by atoms with van der Waals surface area (Å²) in [5.74, 6) is -8.87. The van der Waals surface area contributed by atoms with Crippen molar-refractivity contribution >= 4 is 75.9 Å². The molecule has 2 aliphatic heterocycles. The molecule has 0 bridgehead atoms. The molecule has 9 atom stereocenters. The molecule has 30 heteroatoms. The minimum Gasteiger partial charge on any atom is -0.508 e. The summed E-state index contributed by atoms with van der Waals surface area (Å²) in [6.45, 7) is 6.87. The molecule has 0 saturated carbocycles. The molecule has 3 aromatic heterocycles. The molecule has 16 N–H and O–H groups in total. The lowest BCUT2D eigenvalue weighted by Crippen LogP contribution is -2.62. The van der Waals surface area contributed by atoms with Gasteiger partial charge in [0.25, 0.3) is 0 Å². The Balaban J connectivity index is 1.10. The van der Waals surface area contributed by atoms with Crippen LogP contribution < -0.4 is 53.6 Å². The highest BCUT2D eigenvalue weighted by atomic mass is 16.5. The van der Waals surface area contributed by atoms with Crippen LogP contribution in [0.25, 0.3) is 10.9 Å². The Morgan fingerprint density at radius 1 is 0.678 bits per heavy atom. The van der Waals surface area contributed by atoms with Crippen molar-refractivity contribution in [1.82, 2.24) is 77.7 Å². The number of aliphatic hydroxyl groups excluding tert-OH is 1. The minimum absolute atomic E-state index is 0.0162. The Kier molecular flexibility index (Phi) is 23.7. The number of nitrogens with two attached hydrogens (primary N) is 1. The lowest BCUT2D eigenvalue weighted by molar-refractivity contribution is -0.142. The van der Waals surface area contributed by atoms with E-state index in [1.165, 1.54) is 42.1 Å². The van der Waals surface area contributed by atoms with Gasteiger partial charge in [0.1, 0.15) is 60.1 Å². The first kappa shape index (κ1) is 67.8. The summed E-state index contributed by atoms with van der Waals surface area (Å²) in [7, 11) is 0. The van der Waals surface area contributed by atoms with E-state index in [9.17, 15) is 63.0 Å². The van der Waals surface area contributed by atoms with E-state index in [0.717, 1.165) is 0 Å². The molecule has 7 rings (SSSR count). The second-order valence-corrected chi connectivity index (χ2v) is 23.7. The summed E-state index contributed by atoms with van der Waals surface area (Å²) in [5, 5.41) is 45.1. The fourth-order valence-corrected chi connectivity index (χ4v) is 10.4. The molecule has 90 heavy (non-hydrogen) atoms. The number of nitrogens with zero attached hydrogens (tertiary/aromatic N) is 3. The Hall–Kier alpha value is -9.71. The highest BCUT2D eigenvalue weighted by Crippen LogP contribution is 2.23. The minimum atomic E-state index is -1.78. The van der Waals surface area contributed by atoms with Gasteiger partial charge >= 0.3 is 0 Å². The number of para-hydroxylation sites is 1. The first-order valence-corrected chi connectivity index (χ1v) is 29.7. The molecule has 0 unspecified atom stereocenters. The third-order valence-electron chi connectivity index (χ3n) is 15.0. The molecule has 30 nitrogen and oxygen atoms in total. The predicted octanol–water partition coefficient (Wildman–Crippen LogP) is -2.29. The van der Waals surface area contributed by atoms with Crippen molar-refractivity contribution in [3.8, 4) is 5.75 Å². The van der Waals surface area contributed by atoms with E-state index in [-0.39, 0.29) is 81.2 Å². The van der Waals surface area contributed by atoms with Gasteiger partial charge in [-0.15, -0.1) is 0 Å². The molecular weight excluding hydrogens is 1170 g/mol. The average molecular weight is 1250 g/mol. The molecule has 0 radical (unpaired) electrons. The predicted molar refractivity (Wildman–Crippen MR) is 322 cm³/mol. The van der Waals surface area contributed by atoms with Crippen molar-refractivity contribution in [2.24, 2.45) is 11.7 Å². The number of rotatable bonds is 31. The Labute approximate surface area is 517 Å². The number of carbonyl (C=O) groups excluding carboxylic acids is 11. The van der Waals surface area contributed by atoms with Crippen molar-refractivity contribution in [2.45, 2.75) is 152 Å². The van der Waals surface area contributed by atoms with Gasteiger partial charge in [-0.3, -0.25) is 52.7 Å². The van der Waals surface area contributed by atoms with Gasteiger partial charge in [0.15, 0.2) is 0 Å². The summed E-state index contributed by atoms with van der Waals surface area (Å²) in [4.78, 5) is 170. The van der Waals surface area contributed by atoms with E-state index in [4.69, 9.17) is 10.5 Å². The maximum absolute atomic E-state index is 14.7. The van der Waals surface area contributed by atoms with E-state index in [0.29, 0.717) is 34.1 Å². The van der Waals surface area contributed by atoms with E-state index in [1.54, 1.807) is 77.2 Å². The maximum Gasteiger partial charge on any atom is 0.246 e. The monoisotopic (exact) mass is 1250 g/mol. The van der Waals surface area contributed by atoms with Crippen LogP contribution in [0.5, 0.6) is 5.75 Å². The van der Waals surface area contributed by atoms with Crippen LogP contribution in [-0.4, -0.2) is 191 Å². The second kappa shape index (κ2) is 31.5. The lowest BCUT2D eigenvalue weighted by atomic mass is 10.00. The van der Waals surface area contributed by atoms with Gasteiger partial charge < -0.3 is 88.4 Å². The van der Waals surface area contributed by atoms with Crippen molar-refractivity contribution in [3.05, 3.63) is 102 Å². The van der Waals surface area contributed by atoms with Crippen LogP contribution in [0.4, 0.5) is 0 Å². The number of likely N-dealkylation sites (tertiary alicyclic amines) is 1. The molecule has 2 saturated heterocycles. The average Bonchev–Trinajstić information content (AvgIpc) is 2.41. The molecule has 0 aliphatic carbocycles. The number of phenolic OH excluding ortho intramolecular Hbond substituents is 1. The number of aliphatic hydroxyl groups is 1. The number of hydrogen-bond acceptors (Lipinski definition) is 16. The molecule has 5 heterocycles. The number of fused-ring (bicyclic) bond motifs is 1. The summed E-state index contributed by atoms with van der Waals surface area (Å²) in [6, 6.07) is 0.770. The molecular formula is C60H80N16O14. The van der Waals surface area contributed by atoms with Crippen LogP contribution >= 0.6 is 0 Å². The number of benzene rings is 2. The van der Waals surface area contributed by atoms with Gasteiger partial charge in [-0.2, -0.15) is 0 Å². The number of aromatic nitrogens is 5. The fourth-order valence-electron chi connectivity index (χ4n) is 10.4. The van der Waals surface area contributed by atoms with E-state index in [1.807, 2.05) is 0 Å². The highest BCUT2D eigenvalue weighted by molar-refractivity contribution is 6.00. The smallest absolute Gasteiger partial charge is 0.246 e. The van der Waals surface area contributed by atoms with Gasteiger partial charge in [0.05, 0.1) is 49.4 Å². The summed E-state index contributed by atoms with van der Waals surface area (Å²) in [5.41, 5.74) is 6.81. The maximum atomic E-state index is 14.7. The van der Waals surface area contributed by atoms with Crippen LogP contribution in [0, 0.1) is 5.92 Å². The van der Waals surface area contributed by atoms with Crippen molar-refractivity contribution in [3.63, 3.8) is 0 Å². The Morgan fingerprint density at radius 3 is 1.81 bits per heavy atom. The number of primary amides is 1. The van der Waals surface area contributed by atoms with Crippen LogP contribution in [0.3, 0.4) is 0 Å². The zero-order chi connectivity index (χ0) is 65.2. The van der Waals surface area contributed by atoms with Crippen molar-refractivity contribution in [2.75, 3.05) is 26.3 Å². The highest BCUT2D eigenvalue weighted by Gasteiger charge is 2.40. The number of hydrogen-bond donors (Lipinski definition) is 15. The summed E-state index contributed by atoms with van der Waals surface area (Å²) < 4.78 is 6.03. The van der Waals surface area contributed by atoms with Gasteiger partial charge in [-0.1, -0.05) is 44.2 Å². The van der Waals surface area contributed by atoms with Crippen LogP contribution in [0.2, 0.25) is 0 Å². The van der Waals surface area contributed by atoms with E-state index in [2.05, 4.69) is 72.8 Å². The van der Waals surface area contributed by atoms with E-state index >= 15 is 0 Å². The molecule has 5 aromatic rings. The number of carbonyl (C=O) groups is 11. The number of ether oxygens (including phenoxy) is 1. The third-order valence-corrected chi connectivity index (χ3v) is 15.0. The molecule has 2 aromatic carbocycles. The zero-order valence-corrected chi connectivity index (χ0v) is 50.7. The standard InChI is InChI=1S/C60H80N16O14/c1-32(2)19-41(52(82)73-45(20-33-12-14-37(78)15-13-33)59(89)76-18-8-11-48(76)58(88)65-27-49(61)79)69-57(87)47(29-90-60(3,4)5)75-55(85)44(23-36-26-63-31-67-36)72-56(86)46(28-77)74-53(83)42(21-34-24-64-39-10-7-6-9-38(34)39)70-54(84)43(22-35-25-62-30-66-35)71-51(81)40-16-17-50(80)68-40/h6-7,9-10,12-15,24-26,30-32,40-48,64,77-78H,8,11,16-23,27-29H2,1-5H3,(H2,61,79)(H,62,66)(H,63,67)(H,65,88)(H,68,80)(H,69,87)(H,70,84)(H,71,81)(H,72,86)(H,73,82)(H,74,83)(H,75,85)/t40-,41-,42-,43-,44-,45-,46-,47+,48-/m0/s1. The third kappa shape index (κ3) is 19.6. The Bertz CT molecular complexity index is 3330. The molecule has 11 amide bonds.